The minimum absolute atomic E-state index is 0.0298. The van der Waals surface area contributed by atoms with Gasteiger partial charge in [0.2, 0.25) is 5.91 Å². The molecule has 0 radical (unpaired) electrons. The molecule has 1 amide bonds. The maximum Gasteiger partial charge on any atom is 0.217 e. The second-order valence-corrected chi connectivity index (χ2v) is 7.03. The molecule has 1 aromatic heterocycles. The predicted octanol–water partition coefficient (Wildman–Crippen LogP) is 4.09. The van der Waals surface area contributed by atoms with Gasteiger partial charge in [-0.3, -0.25) is 4.79 Å². The molecule has 124 valence electrons. The summed E-state index contributed by atoms with van der Waals surface area (Å²) in [7, 11) is 0. The molecule has 1 aromatic carbocycles. The zero-order valence-corrected chi connectivity index (χ0v) is 15.0. The Balaban J connectivity index is 1.94. The van der Waals surface area contributed by atoms with Gasteiger partial charge in [-0.15, -0.1) is 11.3 Å². The Morgan fingerprint density at radius 2 is 1.91 bits per heavy atom. The monoisotopic (exact) mass is 331 g/mol. The number of nitrogens with one attached hydrogen (secondary N) is 2. The van der Waals surface area contributed by atoms with Crippen LogP contribution in [0.15, 0.2) is 29.6 Å². The molecule has 5 heteroatoms. The molecule has 23 heavy (non-hydrogen) atoms. The highest BCUT2D eigenvalue weighted by atomic mass is 32.1. The molecule has 1 heterocycles. The SMILES string of the molecule is CC(=O)NC(C)CCc1ccc(-c2csc(NC(C)C)n2)cc1. The molecular weight excluding hydrogens is 306 g/mol. The van der Waals surface area contributed by atoms with Crippen LogP contribution in [0.5, 0.6) is 0 Å². The number of benzene rings is 1. The zero-order valence-electron chi connectivity index (χ0n) is 14.2. The highest BCUT2D eigenvalue weighted by Gasteiger charge is 2.07. The summed E-state index contributed by atoms with van der Waals surface area (Å²) >= 11 is 1.63. The first kappa shape index (κ1) is 17.5. The lowest BCUT2D eigenvalue weighted by atomic mass is 10.0. The van der Waals surface area contributed by atoms with Crippen molar-refractivity contribution in [2.45, 2.75) is 52.6 Å². The number of carbonyl (C=O) groups excluding carboxylic acids is 1. The van der Waals surface area contributed by atoms with E-state index in [1.54, 1.807) is 18.3 Å². The van der Waals surface area contributed by atoms with Gasteiger partial charge in [0.05, 0.1) is 5.69 Å². The topological polar surface area (TPSA) is 54.0 Å². The van der Waals surface area contributed by atoms with Crippen LogP contribution in [0.4, 0.5) is 5.13 Å². The Bertz CT molecular complexity index is 634. The third-order valence-corrected chi connectivity index (χ3v) is 4.26. The van der Waals surface area contributed by atoms with Crippen LogP contribution >= 0.6 is 11.3 Å². The number of carbonyl (C=O) groups is 1. The van der Waals surface area contributed by atoms with Crippen LogP contribution in [0.25, 0.3) is 11.3 Å². The minimum atomic E-state index is 0.0298. The Kier molecular flexibility index (Phi) is 6.16. The van der Waals surface area contributed by atoms with Gasteiger partial charge in [-0.05, 0) is 39.2 Å². The van der Waals surface area contributed by atoms with Crippen molar-refractivity contribution >= 4 is 22.4 Å². The molecule has 0 saturated carbocycles. The second-order valence-electron chi connectivity index (χ2n) is 6.17. The van der Waals surface area contributed by atoms with Crippen LogP contribution in [0.1, 0.15) is 39.7 Å². The van der Waals surface area contributed by atoms with Crippen LogP contribution in [0.3, 0.4) is 0 Å². The van der Waals surface area contributed by atoms with Crippen LogP contribution in [-0.4, -0.2) is 23.0 Å². The number of aromatic nitrogens is 1. The first-order chi connectivity index (χ1) is 10.9. The smallest absolute Gasteiger partial charge is 0.217 e. The van der Waals surface area contributed by atoms with Crippen LogP contribution < -0.4 is 10.6 Å². The van der Waals surface area contributed by atoms with Crippen molar-refractivity contribution in [1.82, 2.24) is 10.3 Å². The van der Waals surface area contributed by atoms with Crippen molar-refractivity contribution < 1.29 is 4.79 Å². The standard InChI is InChI=1S/C18H25N3OS/c1-12(2)19-18-21-17(11-23-18)16-9-7-15(8-10-16)6-5-13(3)20-14(4)22/h7-13H,5-6H2,1-4H3,(H,19,21)(H,20,22). The van der Waals surface area contributed by atoms with Crippen molar-refractivity contribution in [3.63, 3.8) is 0 Å². The fourth-order valence-electron chi connectivity index (χ4n) is 2.36. The molecule has 0 spiro atoms. The van der Waals surface area contributed by atoms with E-state index in [1.165, 1.54) is 5.56 Å². The van der Waals surface area contributed by atoms with E-state index in [0.29, 0.717) is 6.04 Å². The molecule has 0 saturated heterocycles. The van der Waals surface area contributed by atoms with E-state index in [4.69, 9.17) is 0 Å². The molecule has 0 aliphatic heterocycles. The third-order valence-electron chi connectivity index (χ3n) is 3.48. The van der Waals surface area contributed by atoms with Gasteiger partial charge in [-0.2, -0.15) is 0 Å². The Hall–Kier alpha value is -1.88. The van der Waals surface area contributed by atoms with Gasteiger partial charge < -0.3 is 10.6 Å². The van der Waals surface area contributed by atoms with Gasteiger partial charge in [0.1, 0.15) is 0 Å². The van der Waals surface area contributed by atoms with E-state index in [-0.39, 0.29) is 11.9 Å². The molecule has 1 unspecified atom stereocenters. The number of aryl methyl sites for hydroxylation is 1. The summed E-state index contributed by atoms with van der Waals surface area (Å²) in [5.41, 5.74) is 3.43. The maximum atomic E-state index is 11.0. The van der Waals surface area contributed by atoms with Crippen LogP contribution in [-0.2, 0) is 11.2 Å². The van der Waals surface area contributed by atoms with Gasteiger partial charge in [-0.25, -0.2) is 4.98 Å². The molecule has 0 aliphatic rings. The van der Waals surface area contributed by atoms with E-state index in [0.717, 1.165) is 29.2 Å². The number of anilines is 1. The normalized spacial score (nSPS) is 12.2. The van der Waals surface area contributed by atoms with Gasteiger partial charge in [0.25, 0.3) is 0 Å². The molecule has 4 nitrogen and oxygen atoms in total. The van der Waals surface area contributed by atoms with Crippen molar-refractivity contribution in [2.24, 2.45) is 0 Å². The molecule has 2 rings (SSSR count). The quantitative estimate of drug-likeness (QED) is 0.803. The van der Waals surface area contributed by atoms with E-state index in [9.17, 15) is 4.79 Å². The van der Waals surface area contributed by atoms with Crippen molar-refractivity contribution in [3.8, 4) is 11.3 Å². The number of hydrogen-bond donors (Lipinski definition) is 2. The lowest BCUT2D eigenvalue weighted by molar-refractivity contribution is -0.119. The van der Waals surface area contributed by atoms with Gasteiger partial charge in [0.15, 0.2) is 5.13 Å². The molecule has 2 N–H and O–H groups in total. The molecule has 0 fully saturated rings. The summed E-state index contributed by atoms with van der Waals surface area (Å²) in [4.78, 5) is 15.6. The number of nitrogens with zero attached hydrogens (tertiary/aromatic N) is 1. The summed E-state index contributed by atoms with van der Waals surface area (Å²) in [5, 5.41) is 9.28. The number of thiazole rings is 1. The highest BCUT2D eigenvalue weighted by molar-refractivity contribution is 7.14. The lowest BCUT2D eigenvalue weighted by Gasteiger charge is -2.12. The van der Waals surface area contributed by atoms with E-state index in [1.807, 2.05) is 6.92 Å². The van der Waals surface area contributed by atoms with Crippen LogP contribution in [0, 0.1) is 0 Å². The van der Waals surface area contributed by atoms with Crippen molar-refractivity contribution in [3.05, 3.63) is 35.2 Å². The zero-order chi connectivity index (χ0) is 16.8. The maximum absolute atomic E-state index is 11.0. The molecular formula is C18H25N3OS. The average molecular weight is 331 g/mol. The summed E-state index contributed by atoms with van der Waals surface area (Å²) < 4.78 is 0. The number of rotatable bonds is 7. The fraction of sp³-hybridized carbons (Fsp3) is 0.444. The summed E-state index contributed by atoms with van der Waals surface area (Å²) in [6, 6.07) is 9.12. The average Bonchev–Trinajstić information content (AvgIpc) is 2.92. The van der Waals surface area contributed by atoms with Gasteiger partial charge in [-0.1, -0.05) is 24.3 Å². The van der Waals surface area contributed by atoms with E-state index >= 15 is 0 Å². The van der Waals surface area contributed by atoms with Crippen molar-refractivity contribution in [1.29, 1.82) is 0 Å². The van der Waals surface area contributed by atoms with Gasteiger partial charge >= 0.3 is 0 Å². The molecule has 2 aromatic rings. The fourth-order valence-corrected chi connectivity index (χ4v) is 3.23. The largest absolute Gasteiger partial charge is 0.359 e. The first-order valence-electron chi connectivity index (χ1n) is 8.02. The molecule has 1 atom stereocenters. The summed E-state index contributed by atoms with van der Waals surface area (Å²) in [6.07, 6.45) is 1.90. The highest BCUT2D eigenvalue weighted by Crippen LogP contribution is 2.25. The lowest BCUT2D eigenvalue weighted by Crippen LogP contribution is -2.30. The Morgan fingerprint density at radius 3 is 2.52 bits per heavy atom. The minimum Gasteiger partial charge on any atom is -0.359 e. The van der Waals surface area contributed by atoms with Crippen molar-refractivity contribution in [2.75, 3.05) is 5.32 Å². The Labute approximate surface area is 142 Å². The Morgan fingerprint density at radius 1 is 1.22 bits per heavy atom. The van der Waals surface area contributed by atoms with E-state index < -0.39 is 0 Å². The number of amides is 1. The first-order valence-corrected chi connectivity index (χ1v) is 8.90. The summed E-state index contributed by atoms with van der Waals surface area (Å²) in [5.74, 6) is 0.0298. The molecule has 0 aliphatic carbocycles. The molecule has 0 bridgehead atoms. The van der Waals surface area contributed by atoms with Crippen LogP contribution in [0.2, 0.25) is 0 Å². The van der Waals surface area contributed by atoms with E-state index in [2.05, 4.69) is 59.1 Å². The number of hydrogen-bond acceptors (Lipinski definition) is 4. The van der Waals surface area contributed by atoms with Gasteiger partial charge in [0, 0.05) is 30.0 Å². The predicted molar refractivity (Wildman–Crippen MR) is 97.9 cm³/mol. The summed E-state index contributed by atoms with van der Waals surface area (Å²) in [6.45, 7) is 7.81. The second kappa shape index (κ2) is 8.11. The third kappa shape index (κ3) is 5.67.